The molecule has 0 fully saturated rings. The molecule has 7 heteroatoms. The Bertz CT molecular complexity index is 2420. The third-order valence-electron chi connectivity index (χ3n) is 17.8. The maximum absolute atomic E-state index is 18.3. The Morgan fingerprint density at radius 2 is 0.675 bits per heavy atom. The number of benzene rings is 4. The maximum atomic E-state index is 18.3. The van der Waals surface area contributed by atoms with Gasteiger partial charge in [0.1, 0.15) is 9.49 Å². The first-order chi connectivity index (χ1) is 37.2. The number of likely N-dealkylation sites (N-methyl/N-ethyl adjacent to an activating group) is 2. The molecule has 6 nitrogen and oxygen atoms in total. The zero-order chi connectivity index (χ0) is 55.4. The van der Waals surface area contributed by atoms with Crippen LogP contribution >= 0.6 is 0 Å². The van der Waals surface area contributed by atoms with E-state index >= 15 is 8.42 Å². The standard InChI is InChI=1S/C70H102N4O2S/c1-11-13-15-17-19-21-23-25-27-35-53-67(73(7)8)55-49-63(50-56-67)69(59-37-31-29-32-38-59,61-41-45-65(46-42-61)71(3)4)77(75,76)70(60-39-33-30-34-40-60,62-43-47-66(48-44-62)72(5)6)64-51-57-68(58-52-64,74(9)10)54-36-28-26-24-22-20-18-16-14-12-2/h29-34,37-52,55,57H,11-28,35-36,53-54,56,58H2,1-10H3. The van der Waals surface area contributed by atoms with Crippen molar-refractivity contribution in [2.75, 3.05) is 66.2 Å². The minimum Gasteiger partial charge on any atom is -0.378 e. The lowest BCUT2D eigenvalue weighted by atomic mass is 9.75. The van der Waals surface area contributed by atoms with E-state index in [0.717, 1.165) is 70.5 Å². The van der Waals surface area contributed by atoms with Crippen molar-refractivity contribution in [3.63, 3.8) is 0 Å². The molecule has 0 N–H and O–H groups in total. The van der Waals surface area contributed by atoms with Gasteiger partial charge in [-0.1, -0.05) is 264 Å². The van der Waals surface area contributed by atoms with E-state index < -0.39 is 19.3 Å². The van der Waals surface area contributed by atoms with Gasteiger partial charge in [0, 0.05) is 50.6 Å². The molecule has 0 saturated carbocycles. The lowest BCUT2D eigenvalue weighted by molar-refractivity contribution is 0.188. The summed E-state index contributed by atoms with van der Waals surface area (Å²) in [4.78, 5) is 8.93. The molecule has 0 heterocycles. The largest absolute Gasteiger partial charge is 0.378 e. The molecule has 77 heavy (non-hydrogen) atoms. The monoisotopic (exact) mass is 1060 g/mol. The fourth-order valence-electron chi connectivity index (χ4n) is 12.7. The van der Waals surface area contributed by atoms with E-state index in [0.29, 0.717) is 12.8 Å². The summed E-state index contributed by atoms with van der Waals surface area (Å²) in [5, 5.41) is 0. The molecule has 0 amide bonds. The van der Waals surface area contributed by atoms with Crippen LogP contribution in [-0.4, -0.2) is 85.7 Å². The smallest absolute Gasteiger partial charge is 0.186 e. The van der Waals surface area contributed by atoms with Gasteiger partial charge in [0.05, 0.1) is 0 Å². The van der Waals surface area contributed by atoms with Crippen molar-refractivity contribution in [2.24, 2.45) is 0 Å². The van der Waals surface area contributed by atoms with Crippen LogP contribution in [0.2, 0.25) is 0 Å². The van der Waals surface area contributed by atoms with Gasteiger partial charge in [0.15, 0.2) is 9.84 Å². The summed E-state index contributed by atoms with van der Waals surface area (Å²) in [6.07, 6.45) is 43.0. The summed E-state index contributed by atoms with van der Waals surface area (Å²) in [5.74, 6) is 0. The third-order valence-corrected chi connectivity index (χ3v) is 20.8. The van der Waals surface area contributed by atoms with Crippen LogP contribution < -0.4 is 9.80 Å². The van der Waals surface area contributed by atoms with Crippen LogP contribution in [-0.2, 0) is 19.3 Å². The molecule has 0 aliphatic heterocycles. The molecule has 0 aromatic heterocycles. The summed E-state index contributed by atoms with van der Waals surface area (Å²) in [6.45, 7) is 4.57. The minimum absolute atomic E-state index is 0.248. The summed E-state index contributed by atoms with van der Waals surface area (Å²) in [5.41, 5.74) is 6.02. The number of unbranched alkanes of at least 4 members (excludes halogenated alkanes) is 18. The summed E-state index contributed by atoms with van der Waals surface area (Å²) in [7, 11) is 12.4. The van der Waals surface area contributed by atoms with Crippen LogP contribution in [0.25, 0.3) is 0 Å². The van der Waals surface area contributed by atoms with Crippen LogP contribution in [0.3, 0.4) is 0 Å². The van der Waals surface area contributed by atoms with E-state index in [1.165, 1.54) is 116 Å². The number of hydrogen-bond acceptors (Lipinski definition) is 6. The molecule has 4 aromatic carbocycles. The van der Waals surface area contributed by atoms with Gasteiger partial charge >= 0.3 is 0 Å². The molecule has 4 unspecified atom stereocenters. The van der Waals surface area contributed by atoms with Crippen LogP contribution in [0.4, 0.5) is 11.4 Å². The molecule has 2 aliphatic carbocycles. The van der Waals surface area contributed by atoms with E-state index in [4.69, 9.17) is 0 Å². The predicted octanol–water partition coefficient (Wildman–Crippen LogP) is 17.4. The van der Waals surface area contributed by atoms with Gasteiger partial charge < -0.3 is 9.80 Å². The van der Waals surface area contributed by atoms with E-state index in [1.54, 1.807) is 0 Å². The lowest BCUT2D eigenvalue weighted by Crippen LogP contribution is -2.53. The van der Waals surface area contributed by atoms with E-state index in [2.05, 4.69) is 171 Å². The fraction of sp³-hybridized carbons (Fsp3) is 0.543. The highest BCUT2D eigenvalue weighted by Crippen LogP contribution is 2.59. The van der Waals surface area contributed by atoms with Crippen molar-refractivity contribution >= 4 is 21.2 Å². The molecule has 0 radical (unpaired) electrons. The zero-order valence-electron chi connectivity index (χ0n) is 49.8. The Morgan fingerprint density at radius 3 is 0.935 bits per heavy atom. The van der Waals surface area contributed by atoms with Crippen molar-refractivity contribution in [2.45, 2.75) is 189 Å². The van der Waals surface area contributed by atoms with E-state index in [9.17, 15) is 0 Å². The van der Waals surface area contributed by atoms with Crippen LogP contribution in [0, 0.1) is 0 Å². The Hall–Kier alpha value is -4.69. The SMILES string of the molecule is CCCCCCCCCCCCC1(N(C)C)C=CC(C(c2ccccc2)(c2ccc(N(C)C)cc2)S(=O)(=O)C(C2=CCC(CCCCCCCCCCCC)(N(C)C)C=C2)(c2ccccc2)c2ccc(N(C)C)cc2)=CC1. The van der Waals surface area contributed by atoms with Gasteiger partial charge in [-0.25, -0.2) is 8.42 Å². The molecule has 0 spiro atoms. The first-order valence-corrected chi connectivity index (χ1v) is 31.7. The molecule has 420 valence electrons. The summed E-state index contributed by atoms with van der Waals surface area (Å²) >= 11 is 0. The summed E-state index contributed by atoms with van der Waals surface area (Å²) < 4.78 is 33.2. The van der Waals surface area contributed by atoms with Gasteiger partial charge in [-0.15, -0.1) is 0 Å². The van der Waals surface area contributed by atoms with Gasteiger partial charge in [-0.05, 0) is 112 Å². The second-order valence-electron chi connectivity index (χ2n) is 23.7. The Labute approximate surface area is 470 Å². The molecule has 0 bridgehead atoms. The molecule has 6 rings (SSSR count). The highest BCUT2D eigenvalue weighted by atomic mass is 32.2. The van der Waals surface area contributed by atoms with Gasteiger partial charge in [-0.3, -0.25) is 9.80 Å². The lowest BCUT2D eigenvalue weighted by Gasteiger charge is -2.49. The Balaban J connectivity index is 1.52. The number of nitrogens with zero attached hydrogens (tertiary/aromatic N) is 4. The predicted molar refractivity (Wildman–Crippen MR) is 334 cm³/mol. The molecule has 2 aliphatic rings. The molecule has 4 aromatic rings. The fourth-order valence-corrected chi connectivity index (χ4v) is 15.8. The average Bonchev–Trinajstić information content (AvgIpc) is 3.44. The van der Waals surface area contributed by atoms with Gasteiger partial charge in [0.2, 0.25) is 0 Å². The van der Waals surface area contributed by atoms with Gasteiger partial charge in [0.25, 0.3) is 0 Å². The molecular weight excluding hydrogens is 961 g/mol. The van der Waals surface area contributed by atoms with Crippen LogP contribution in [0.15, 0.2) is 157 Å². The number of rotatable bonds is 34. The first kappa shape index (κ1) is 61.5. The second kappa shape index (κ2) is 29.5. The van der Waals surface area contributed by atoms with Crippen LogP contribution in [0.5, 0.6) is 0 Å². The van der Waals surface area contributed by atoms with Crippen molar-refractivity contribution in [1.82, 2.24) is 9.80 Å². The Kier molecular flexibility index (Phi) is 23.6. The third kappa shape index (κ3) is 14.2. The van der Waals surface area contributed by atoms with Crippen LogP contribution in [0.1, 0.15) is 190 Å². The van der Waals surface area contributed by atoms with Crippen molar-refractivity contribution in [3.05, 3.63) is 179 Å². The quantitative estimate of drug-likeness (QED) is 0.0435. The van der Waals surface area contributed by atoms with E-state index in [-0.39, 0.29) is 11.1 Å². The normalized spacial score (nSPS) is 19.2. The highest BCUT2D eigenvalue weighted by molar-refractivity contribution is 7.94. The number of allylic oxidation sites excluding steroid dienone is 2. The number of anilines is 2. The van der Waals surface area contributed by atoms with Gasteiger partial charge in [-0.2, -0.15) is 0 Å². The number of sulfone groups is 1. The highest BCUT2D eigenvalue weighted by Gasteiger charge is 2.63. The zero-order valence-corrected chi connectivity index (χ0v) is 50.7. The molecule has 0 saturated heterocycles. The van der Waals surface area contributed by atoms with Crippen molar-refractivity contribution in [1.29, 1.82) is 0 Å². The topological polar surface area (TPSA) is 47.1 Å². The first-order valence-electron chi connectivity index (χ1n) is 30.2. The summed E-state index contributed by atoms with van der Waals surface area (Å²) in [6, 6.07) is 37.1. The average molecular weight is 1060 g/mol. The number of hydrogen-bond donors (Lipinski definition) is 0. The molecular formula is C70H102N4O2S. The van der Waals surface area contributed by atoms with Crippen molar-refractivity contribution in [3.8, 4) is 0 Å². The minimum atomic E-state index is -4.55. The van der Waals surface area contributed by atoms with Crippen molar-refractivity contribution < 1.29 is 8.42 Å². The molecule has 4 atom stereocenters. The Morgan fingerprint density at radius 1 is 0.390 bits per heavy atom. The maximum Gasteiger partial charge on any atom is 0.186 e. The van der Waals surface area contributed by atoms with E-state index in [1.807, 2.05) is 64.6 Å². The second-order valence-corrected chi connectivity index (χ2v) is 26.0.